The predicted molar refractivity (Wildman–Crippen MR) is 91.6 cm³/mol. The number of morpholine rings is 1. The molecule has 3 aliphatic heterocycles. The van der Waals surface area contributed by atoms with Gasteiger partial charge >= 0.3 is 0 Å². The van der Waals surface area contributed by atoms with Crippen LogP contribution >= 0.6 is 0 Å². The molecule has 2 atom stereocenters. The van der Waals surface area contributed by atoms with Crippen LogP contribution in [0.25, 0.3) is 0 Å². The second-order valence-electron chi connectivity index (χ2n) is 7.11. The molecule has 1 aromatic rings. The van der Waals surface area contributed by atoms with E-state index in [1.165, 1.54) is 4.90 Å². The summed E-state index contributed by atoms with van der Waals surface area (Å²) in [5.74, 6) is -0.339. The zero-order valence-electron chi connectivity index (χ0n) is 14.6. The molecule has 0 saturated carbocycles. The third-order valence-corrected chi connectivity index (χ3v) is 5.66. The van der Waals surface area contributed by atoms with Crippen LogP contribution in [0.5, 0.6) is 0 Å². The number of amides is 2. The maximum absolute atomic E-state index is 12.4. The summed E-state index contributed by atoms with van der Waals surface area (Å²) in [6, 6.07) is 7.04. The number of hydrogen-bond acceptors (Lipinski definition) is 5. The average Bonchev–Trinajstić information content (AvgIpc) is 3.08. The first-order valence-electron chi connectivity index (χ1n) is 9.04. The second kappa shape index (κ2) is 6.52. The highest BCUT2D eigenvalue weighted by molar-refractivity contribution is 6.21. The number of nitrogens with zero attached hydrogens (tertiary/aromatic N) is 2. The lowest BCUT2D eigenvalue weighted by atomic mass is 9.94. The van der Waals surface area contributed by atoms with Crippen LogP contribution in [0.4, 0.5) is 0 Å². The molecule has 2 saturated heterocycles. The summed E-state index contributed by atoms with van der Waals surface area (Å²) < 4.78 is 11.7. The summed E-state index contributed by atoms with van der Waals surface area (Å²) in [4.78, 5) is 28.5. The van der Waals surface area contributed by atoms with Crippen LogP contribution < -0.4 is 0 Å². The van der Waals surface area contributed by atoms with Crippen molar-refractivity contribution in [3.8, 4) is 0 Å². The summed E-state index contributed by atoms with van der Waals surface area (Å²) >= 11 is 0. The number of rotatable bonds is 4. The van der Waals surface area contributed by atoms with E-state index < -0.39 is 0 Å². The summed E-state index contributed by atoms with van der Waals surface area (Å²) in [5, 5.41) is 0. The zero-order chi connectivity index (χ0) is 17.4. The van der Waals surface area contributed by atoms with Crippen LogP contribution in [-0.2, 0) is 9.47 Å². The molecule has 1 aromatic carbocycles. The van der Waals surface area contributed by atoms with Gasteiger partial charge in [-0.1, -0.05) is 12.1 Å². The van der Waals surface area contributed by atoms with Gasteiger partial charge in [-0.2, -0.15) is 0 Å². The maximum Gasteiger partial charge on any atom is 0.261 e. The first-order chi connectivity index (χ1) is 12.1. The Morgan fingerprint density at radius 2 is 1.84 bits per heavy atom. The Morgan fingerprint density at radius 3 is 2.48 bits per heavy atom. The molecule has 6 nitrogen and oxygen atoms in total. The largest absolute Gasteiger partial charge is 0.375 e. The van der Waals surface area contributed by atoms with Crippen molar-refractivity contribution in [1.82, 2.24) is 9.80 Å². The van der Waals surface area contributed by atoms with Gasteiger partial charge in [0, 0.05) is 39.2 Å². The van der Waals surface area contributed by atoms with Crippen molar-refractivity contribution >= 4 is 11.8 Å². The number of fused-ring (bicyclic) bond motifs is 1. The van der Waals surface area contributed by atoms with Gasteiger partial charge in [0.2, 0.25) is 0 Å². The highest BCUT2D eigenvalue weighted by atomic mass is 16.6. The third kappa shape index (κ3) is 2.88. The minimum absolute atomic E-state index is 0.117. The minimum Gasteiger partial charge on any atom is -0.375 e. The van der Waals surface area contributed by atoms with Gasteiger partial charge in [0.1, 0.15) is 5.60 Å². The summed E-state index contributed by atoms with van der Waals surface area (Å²) in [5.41, 5.74) is 0.859. The predicted octanol–water partition coefficient (Wildman–Crippen LogP) is 1.55. The van der Waals surface area contributed by atoms with Crippen molar-refractivity contribution in [2.24, 2.45) is 0 Å². The van der Waals surface area contributed by atoms with Crippen molar-refractivity contribution in [3.05, 3.63) is 35.4 Å². The fourth-order valence-electron chi connectivity index (χ4n) is 4.13. The van der Waals surface area contributed by atoms with Crippen molar-refractivity contribution < 1.29 is 19.1 Å². The Morgan fingerprint density at radius 1 is 1.12 bits per heavy atom. The molecule has 0 radical (unpaired) electrons. The zero-order valence-corrected chi connectivity index (χ0v) is 14.6. The molecular weight excluding hydrogens is 320 g/mol. The van der Waals surface area contributed by atoms with E-state index in [4.69, 9.17) is 9.47 Å². The number of carbonyl (C=O) groups excluding carboxylic acids is 2. The highest BCUT2D eigenvalue weighted by Gasteiger charge is 2.45. The number of hydrogen-bond donors (Lipinski definition) is 0. The van der Waals surface area contributed by atoms with E-state index in [1.54, 1.807) is 24.3 Å². The van der Waals surface area contributed by atoms with Crippen molar-refractivity contribution in [2.75, 3.05) is 39.4 Å². The quantitative estimate of drug-likeness (QED) is 0.776. The number of benzene rings is 1. The van der Waals surface area contributed by atoms with E-state index in [9.17, 15) is 9.59 Å². The van der Waals surface area contributed by atoms with Crippen LogP contribution in [0.1, 0.15) is 40.5 Å². The first-order valence-corrected chi connectivity index (χ1v) is 9.04. The molecule has 134 valence electrons. The van der Waals surface area contributed by atoms with E-state index in [0.717, 1.165) is 39.1 Å². The molecule has 3 heterocycles. The van der Waals surface area contributed by atoms with Crippen LogP contribution in [-0.4, -0.2) is 72.7 Å². The fraction of sp³-hybridized carbons (Fsp3) is 0.579. The molecule has 25 heavy (non-hydrogen) atoms. The van der Waals surface area contributed by atoms with Crippen molar-refractivity contribution in [2.45, 2.75) is 31.5 Å². The Labute approximate surface area is 147 Å². The number of imide groups is 1. The standard InChI is InChI=1S/C19H24N2O4/c1-14-19(7-11-24-14)13-20(10-12-25-19)8-4-9-21-17(22)15-5-2-3-6-16(15)18(21)23/h2-3,5-6,14H,4,7-13H2,1H3/t14-,19+/m0/s1. The monoisotopic (exact) mass is 344 g/mol. The van der Waals surface area contributed by atoms with E-state index >= 15 is 0 Å². The van der Waals surface area contributed by atoms with Gasteiger partial charge in [0.25, 0.3) is 11.8 Å². The molecule has 3 aliphatic rings. The fourth-order valence-corrected chi connectivity index (χ4v) is 4.13. The number of carbonyl (C=O) groups is 2. The molecule has 0 aliphatic carbocycles. The lowest BCUT2D eigenvalue weighted by molar-refractivity contribution is -0.135. The first kappa shape index (κ1) is 16.7. The highest BCUT2D eigenvalue weighted by Crippen LogP contribution is 2.33. The summed E-state index contributed by atoms with van der Waals surface area (Å²) in [7, 11) is 0. The van der Waals surface area contributed by atoms with Gasteiger partial charge in [-0.25, -0.2) is 0 Å². The van der Waals surface area contributed by atoms with Gasteiger partial charge in [0.15, 0.2) is 0 Å². The summed E-state index contributed by atoms with van der Waals surface area (Å²) in [6.45, 7) is 6.60. The Bertz CT molecular complexity index is 657. The molecule has 2 fully saturated rings. The SMILES string of the molecule is C[C@@H]1OCC[C@@]12CN(CCCN1C(=O)c3ccccc3C1=O)CCO2. The molecule has 4 rings (SSSR count). The average molecular weight is 344 g/mol. The van der Waals surface area contributed by atoms with Crippen LogP contribution in [0.2, 0.25) is 0 Å². The molecule has 0 unspecified atom stereocenters. The topological polar surface area (TPSA) is 59.1 Å². The van der Waals surface area contributed by atoms with E-state index in [0.29, 0.717) is 24.3 Å². The normalized spacial score (nSPS) is 29.6. The molecule has 1 spiro atoms. The lowest BCUT2D eigenvalue weighted by Crippen LogP contribution is -2.55. The molecule has 6 heteroatoms. The van der Waals surface area contributed by atoms with Gasteiger partial charge in [0.05, 0.1) is 23.8 Å². The maximum atomic E-state index is 12.4. The lowest BCUT2D eigenvalue weighted by Gasteiger charge is -2.42. The van der Waals surface area contributed by atoms with E-state index in [1.807, 2.05) is 0 Å². The second-order valence-corrected chi connectivity index (χ2v) is 7.11. The van der Waals surface area contributed by atoms with E-state index in [-0.39, 0.29) is 23.5 Å². The third-order valence-electron chi connectivity index (χ3n) is 5.66. The number of ether oxygens (including phenoxy) is 2. The Hall–Kier alpha value is -1.76. The molecule has 0 aromatic heterocycles. The Kier molecular flexibility index (Phi) is 4.35. The van der Waals surface area contributed by atoms with Crippen molar-refractivity contribution in [1.29, 1.82) is 0 Å². The minimum atomic E-state index is -0.187. The van der Waals surface area contributed by atoms with Crippen molar-refractivity contribution in [3.63, 3.8) is 0 Å². The van der Waals surface area contributed by atoms with E-state index in [2.05, 4.69) is 11.8 Å². The van der Waals surface area contributed by atoms with Gasteiger partial charge in [-0.3, -0.25) is 19.4 Å². The molecule has 0 N–H and O–H groups in total. The smallest absolute Gasteiger partial charge is 0.261 e. The van der Waals surface area contributed by atoms with Gasteiger partial charge in [-0.05, 0) is 25.5 Å². The van der Waals surface area contributed by atoms with Gasteiger partial charge < -0.3 is 9.47 Å². The molecular formula is C19H24N2O4. The summed E-state index contributed by atoms with van der Waals surface area (Å²) in [6.07, 6.45) is 1.83. The van der Waals surface area contributed by atoms with Crippen LogP contribution in [0.3, 0.4) is 0 Å². The van der Waals surface area contributed by atoms with Crippen LogP contribution in [0, 0.1) is 0 Å². The van der Waals surface area contributed by atoms with Crippen LogP contribution in [0.15, 0.2) is 24.3 Å². The van der Waals surface area contributed by atoms with Gasteiger partial charge in [-0.15, -0.1) is 0 Å². The molecule has 2 amide bonds. The Balaban J connectivity index is 1.33. The molecule has 0 bridgehead atoms.